The smallest absolute Gasteiger partial charge is 0.271 e. The molecule has 0 aliphatic heterocycles. The van der Waals surface area contributed by atoms with Crippen LogP contribution in [0.5, 0.6) is 0 Å². The van der Waals surface area contributed by atoms with Gasteiger partial charge in [-0.1, -0.05) is 47.5 Å². The quantitative estimate of drug-likeness (QED) is 0.610. The number of carbonyl (C=O) groups excluding carboxylic acids is 2. The Morgan fingerprint density at radius 2 is 1.37 bits per heavy atom. The first kappa shape index (κ1) is 21.8. The molecular formula is C23H21Cl2N3O2. The van der Waals surface area contributed by atoms with Gasteiger partial charge in [-0.3, -0.25) is 9.59 Å². The molecule has 2 amide bonds. The second kappa shape index (κ2) is 9.28. The molecule has 0 aliphatic carbocycles. The lowest BCUT2D eigenvalue weighted by Gasteiger charge is -2.21. The third kappa shape index (κ3) is 4.99. The third-order valence-corrected chi connectivity index (χ3v) is 5.14. The molecule has 5 nitrogen and oxygen atoms in total. The van der Waals surface area contributed by atoms with Gasteiger partial charge < -0.3 is 10.2 Å². The average molecular weight is 442 g/mol. The van der Waals surface area contributed by atoms with E-state index in [-0.39, 0.29) is 11.8 Å². The number of aryl methyl sites for hydroxylation is 1. The predicted octanol–water partition coefficient (Wildman–Crippen LogP) is 4.92. The average Bonchev–Trinajstić information content (AvgIpc) is 2.72. The van der Waals surface area contributed by atoms with E-state index in [9.17, 15) is 9.59 Å². The van der Waals surface area contributed by atoms with Crippen molar-refractivity contribution in [3.8, 4) is 0 Å². The van der Waals surface area contributed by atoms with Crippen LogP contribution in [0.1, 0.15) is 43.7 Å². The van der Waals surface area contributed by atoms with Crippen molar-refractivity contribution in [3.05, 3.63) is 98.8 Å². The Labute approximate surface area is 185 Å². The van der Waals surface area contributed by atoms with E-state index in [1.807, 2.05) is 24.3 Å². The Morgan fingerprint density at radius 3 is 1.80 bits per heavy atom. The number of benzene rings is 2. The fourth-order valence-electron chi connectivity index (χ4n) is 3.03. The fourth-order valence-corrected chi connectivity index (χ4v) is 3.28. The van der Waals surface area contributed by atoms with Crippen molar-refractivity contribution in [1.29, 1.82) is 0 Å². The van der Waals surface area contributed by atoms with Crippen molar-refractivity contribution in [1.82, 2.24) is 15.2 Å². The van der Waals surface area contributed by atoms with Crippen molar-refractivity contribution in [2.24, 2.45) is 0 Å². The van der Waals surface area contributed by atoms with Crippen LogP contribution in [0.25, 0.3) is 0 Å². The molecule has 154 valence electrons. The van der Waals surface area contributed by atoms with E-state index in [0.29, 0.717) is 27.0 Å². The molecule has 0 radical (unpaired) electrons. The van der Waals surface area contributed by atoms with Crippen LogP contribution >= 0.6 is 23.2 Å². The molecule has 7 heteroatoms. The molecule has 0 atom stereocenters. The molecule has 0 bridgehead atoms. The summed E-state index contributed by atoms with van der Waals surface area (Å²) in [6.45, 7) is 1.71. The first-order valence-electron chi connectivity index (χ1n) is 9.27. The number of aromatic nitrogens is 1. The van der Waals surface area contributed by atoms with Crippen molar-refractivity contribution < 1.29 is 9.59 Å². The van der Waals surface area contributed by atoms with E-state index < -0.39 is 6.04 Å². The molecule has 3 rings (SSSR count). The maximum absolute atomic E-state index is 13.1. The summed E-state index contributed by atoms with van der Waals surface area (Å²) in [6, 6.07) is 17.4. The molecule has 30 heavy (non-hydrogen) atoms. The Bertz CT molecular complexity index is 1020. The second-order valence-electron chi connectivity index (χ2n) is 7.04. The highest BCUT2D eigenvalue weighted by atomic mass is 35.5. The Morgan fingerprint density at radius 1 is 0.867 bits per heavy atom. The van der Waals surface area contributed by atoms with Crippen molar-refractivity contribution in [3.63, 3.8) is 0 Å². The van der Waals surface area contributed by atoms with Crippen LogP contribution in [0.3, 0.4) is 0 Å². The monoisotopic (exact) mass is 441 g/mol. The van der Waals surface area contributed by atoms with Crippen LogP contribution in [0.2, 0.25) is 10.0 Å². The number of amides is 2. The van der Waals surface area contributed by atoms with E-state index in [2.05, 4.69) is 10.3 Å². The lowest BCUT2D eigenvalue weighted by atomic mass is 9.98. The van der Waals surface area contributed by atoms with Crippen LogP contribution in [-0.2, 0) is 0 Å². The fraction of sp³-hybridized carbons (Fsp3) is 0.174. The van der Waals surface area contributed by atoms with Gasteiger partial charge in [0.15, 0.2) is 0 Å². The highest BCUT2D eigenvalue weighted by Crippen LogP contribution is 2.25. The minimum atomic E-state index is -0.408. The predicted molar refractivity (Wildman–Crippen MR) is 119 cm³/mol. The zero-order chi connectivity index (χ0) is 21.8. The Hall–Kier alpha value is -2.89. The van der Waals surface area contributed by atoms with Crippen molar-refractivity contribution >= 4 is 35.0 Å². The van der Waals surface area contributed by atoms with Crippen LogP contribution in [0.4, 0.5) is 0 Å². The summed E-state index contributed by atoms with van der Waals surface area (Å²) in [7, 11) is 3.31. The summed E-state index contributed by atoms with van der Waals surface area (Å²) < 4.78 is 0. The van der Waals surface area contributed by atoms with Gasteiger partial charge in [0.25, 0.3) is 11.8 Å². The van der Waals surface area contributed by atoms with E-state index in [1.165, 1.54) is 4.90 Å². The van der Waals surface area contributed by atoms with Crippen LogP contribution < -0.4 is 5.32 Å². The number of nitrogens with one attached hydrogen (secondary N) is 1. The number of hydrogen-bond acceptors (Lipinski definition) is 3. The van der Waals surface area contributed by atoms with E-state index in [0.717, 1.165) is 11.1 Å². The highest BCUT2D eigenvalue weighted by Gasteiger charge is 2.21. The minimum Gasteiger partial charge on any atom is -0.343 e. The first-order valence-corrected chi connectivity index (χ1v) is 10.0. The zero-order valence-electron chi connectivity index (χ0n) is 16.8. The van der Waals surface area contributed by atoms with Gasteiger partial charge in [-0.05, 0) is 54.4 Å². The molecule has 0 spiro atoms. The molecule has 0 unspecified atom stereocenters. The highest BCUT2D eigenvalue weighted by molar-refractivity contribution is 6.30. The molecule has 2 aromatic carbocycles. The maximum atomic E-state index is 13.1. The Balaban J connectivity index is 1.92. The number of halogens is 2. The Kier molecular flexibility index (Phi) is 6.75. The zero-order valence-corrected chi connectivity index (χ0v) is 18.3. The number of pyridine rings is 1. The van der Waals surface area contributed by atoms with Gasteiger partial charge in [0.05, 0.1) is 17.3 Å². The topological polar surface area (TPSA) is 62.3 Å². The molecular weight excluding hydrogens is 421 g/mol. The van der Waals surface area contributed by atoms with Gasteiger partial charge in [-0.15, -0.1) is 0 Å². The van der Waals surface area contributed by atoms with Crippen LogP contribution in [0, 0.1) is 6.92 Å². The SMILES string of the molecule is Cc1nc(C(=O)N(C)C)ccc1C(=O)NC(c1ccc(Cl)cc1)c1ccc(Cl)cc1. The van der Waals surface area contributed by atoms with Crippen LogP contribution in [0.15, 0.2) is 60.7 Å². The normalized spacial score (nSPS) is 10.7. The van der Waals surface area contributed by atoms with E-state index >= 15 is 0 Å². The third-order valence-electron chi connectivity index (χ3n) is 4.64. The van der Waals surface area contributed by atoms with E-state index in [4.69, 9.17) is 23.2 Å². The standard InChI is InChI=1S/C23H21Cl2N3O2/c1-14-19(12-13-20(26-14)23(30)28(2)3)22(29)27-21(15-4-8-17(24)9-5-15)16-6-10-18(25)11-7-16/h4-13,21H,1-3H3,(H,27,29). The van der Waals surface area contributed by atoms with Gasteiger partial charge in [-0.2, -0.15) is 0 Å². The van der Waals surface area contributed by atoms with Gasteiger partial charge in [0.1, 0.15) is 5.69 Å². The second-order valence-corrected chi connectivity index (χ2v) is 7.91. The first-order chi connectivity index (χ1) is 14.3. The molecule has 0 saturated heterocycles. The van der Waals surface area contributed by atoms with E-state index in [1.54, 1.807) is 57.4 Å². The molecule has 1 aromatic heterocycles. The van der Waals surface area contributed by atoms with Gasteiger partial charge in [-0.25, -0.2) is 4.98 Å². The molecule has 3 aromatic rings. The number of rotatable bonds is 5. The summed E-state index contributed by atoms with van der Waals surface area (Å²) in [5.74, 6) is -0.510. The summed E-state index contributed by atoms with van der Waals surface area (Å²) >= 11 is 12.0. The number of carbonyl (C=O) groups is 2. The summed E-state index contributed by atoms with van der Waals surface area (Å²) in [6.07, 6.45) is 0. The molecule has 0 aliphatic rings. The minimum absolute atomic E-state index is 0.217. The van der Waals surface area contributed by atoms with Gasteiger partial charge >= 0.3 is 0 Å². The molecule has 1 N–H and O–H groups in total. The molecule has 0 saturated carbocycles. The van der Waals surface area contributed by atoms with Crippen molar-refractivity contribution in [2.45, 2.75) is 13.0 Å². The summed E-state index contributed by atoms with van der Waals surface area (Å²) in [5.41, 5.74) is 2.92. The van der Waals surface area contributed by atoms with Crippen molar-refractivity contribution in [2.75, 3.05) is 14.1 Å². The lowest BCUT2D eigenvalue weighted by Crippen LogP contribution is -2.30. The molecule has 0 fully saturated rings. The maximum Gasteiger partial charge on any atom is 0.271 e. The van der Waals surface area contributed by atoms with Gasteiger partial charge in [0.2, 0.25) is 0 Å². The largest absolute Gasteiger partial charge is 0.343 e. The number of nitrogens with zero attached hydrogens (tertiary/aromatic N) is 2. The molecule has 1 heterocycles. The number of hydrogen-bond donors (Lipinski definition) is 1. The van der Waals surface area contributed by atoms with Gasteiger partial charge in [0, 0.05) is 24.1 Å². The lowest BCUT2D eigenvalue weighted by molar-refractivity contribution is 0.0820. The summed E-state index contributed by atoms with van der Waals surface area (Å²) in [4.78, 5) is 30.9. The van der Waals surface area contributed by atoms with Crippen LogP contribution in [-0.4, -0.2) is 35.8 Å². The summed E-state index contributed by atoms with van der Waals surface area (Å²) in [5, 5.41) is 4.28.